The Balaban J connectivity index is 1.66. The number of aromatic hydroxyl groups is 1. The van der Waals surface area contributed by atoms with Crippen LogP contribution in [0, 0.1) is 23.2 Å². The summed E-state index contributed by atoms with van der Waals surface area (Å²) in [6, 6.07) is 9.62. The van der Waals surface area contributed by atoms with Crippen LogP contribution in [0.2, 0.25) is 0 Å². The number of nitrogens with two attached hydrogens (primary N) is 1. The molecule has 3 aliphatic rings. The molecule has 4 unspecified atom stereocenters. The van der Waals surface area contributed by atoms with Crippen LogP contribution >= 0.6 is 0 Å². The molecule has 0 radical (unpaired) electrons. The summed E-state index contributed by atoms with van der Waals surface area (Å²) in [5.41, 5.74) is 4.20. The number of phenolic OH excluding ortho intramolecular Hbond substituents is 1. The predicted molar refractivity (Wildman–Crippen MR) is 158 cm³/mol. The number of carbonyl (C=O) groups is 3. The molecule has 44 heavy (non-hydrogen) atoms. The second kappa shape index (κ2) is 11.4. The normalized spacial score (nSPS) is 24.5. The highest BCUT2D eigenvalue weighted by Gasteiger charge is 2.63. The van der Waals surface area contributed by atoms with E-state index in [1.807, 2.05) is 12.1 Å². The van der Waals surface area contributed by atoms with Crippen molar-refractivity contribution in [1.82, 2.24) is 10.2 Å². The Morgan fingerprint density at radius 3 is 2.55 bits per heavy atom. The fraction of sp³-hybridized carbons (Fsp3) is 0.375. The Morgan fingerprint density at radius 1 is 1.18 bits per heavy atom. The van der Waals surface area contributed by atoms with E-state index >= 15 is 0 Å². The van der Waals surface area contributed by atoms with Gasteiger partial charge < -0.3 is 36.2 Å². The molecule has 0 saturated heterocycles. The number of ketones is 2. The summed E-state index contributed by atoms with van der Waals surface area (Å²) in [4.78, 5) is 41.3. The fourth-order valence-corrected chi connectivity index (χ4v) is 6.96. The van der Waals surface area contributed by atoms with Gasteiger partial charge in [0, 0.05) is 36.6 Å². The number of methoxy groups -OCH3 is 1. The van der Waals surface area contributed by atoms with Crippen LogP contribution in [-0.2, 0) is 22.6 Å². The molecular formula is C32H34N4O8. The van der Waals surface area contributed by atoms with Gasteiger partial charge in [0.2, 0.25) is 5.78 Å². The molecular weight excluding hydrogens is 568 g/mol. The van der Waals surface area contributed by atoms with Crippen LogP contribution in [0.3, 0.4) is 0 Å². The maximum absolute atomic E-state index is 14.1. The first kappa shape index (κ1) is 30.7. The Bertz CT molecular complexity index is 1690. The van der Waals surface area contributed by atoms with E-state index in [0.717, 1.165) is 5.56 Å². The van der Waals surface area contributed by atoms with E-state index in [1.165, 1.54) is 18.1 Å². The van der Waals surface area contributed by atoms with Crippen molar-refractivity contribution < 1.29 is 39.5 Å². The smallest absolute Gasteiger partial charge is 0.255 e. The molecule has 2 aromatic carbocycles. The quantitative estimate of drug-likeness (QED) is 0.190. The van der Waals surface area contributed by atoms with Gasteiger partial charge in [-0.1, -0.05) is 12.1 Å². The number of hydrogen-bond donors (Lipinski definition) is 6. The monoisotopic (exact) mass is 602 g/mol. The second-order valence-corrected chi connectivity index (χ2v) is 11.6. The van der Waals surface area contributed by atoms with Crippen molar-refractivity contribution >= 4 is 17.5 Å². The first-order valence-electron chi connectivity index (χ1n) is 14.1. The van der Waals surface area contributed by atoms with Gasteiger partial charge in [-0.25, -0.2) is 0 Å². The van der Waals surface area contributed by atoms with Crippen LogP contribution in [-0.4, -0.2) is 82.2 Å². The highest BCUT2D eigenvalue weighted by Crippen LogP contribution is 2.53. The third-order valence-electron chi connectivity index (χ3n) is 8.90. The summed E-state index contributed by atoms with van der Waals surface area (Å²) in [5.74, 6) is -6.49. The van der Waals surface area contributed by atoms with Gasteiger partial charge in [0.05, 0.1) is 24.8 Å². The number of fused-ring (bicyclic) bond motifs is 3. The molecule has 2 aromatic rings. The predicted octanol–water partition coefficient (Wildman–Crippen LogP) is 1.80. The number of nitrogens with zero attached hydrogens (tertiary/aromatic N) is 2. The minimum atomic E-state index is -2.70. The molecule has 0 fully saturated rings. The maximum atomic E-state index is 14.1. The first-order chi connectivity index (χ1) is 20.9. The summed E-state index contributed by atoms with van der Waals surface area (Å²) in [6.07, 6.45) is 0.488. The molecule has 4 atom stereocenters. The fourth-order valence-electron chi connectivity index (χ4n) is 6.96. The molecule has 0 saturated carbocycles. The van der Waals surface area contributed by atoms with Crippen molar-refractivity contribution in [3.63, 3.8) is 0 Å². The summed E-state index contributed by atoms with van der Waals surface area (Å²) < 4.78 is 5.64. The van der Waals surface area contributed by atoms with Crippen LogP contribution in [0.1, 0.15) is 34.3 Å². The van der Waals surface area contributed by atoms with Gasteiger partial charge in [-0.2, -0.15) is 5.26 Å². The summed E-state index contributed by atoms with van der Waals surface area (Å²) in [7, 11) is 4.68. The number of primary amides is 1. The summed E-state index contributed by atoms with van der Waals surface area (Å²) in [6.45, 7) is 0.989. The van der Waals surface area contributed by atoms with Gasteiger partial charge in [0.25, 0.3) is 5.91 Å². The van der Waals surface area contributed by atoms with Crippen LogP contribution in [0.5, 0.6) is 11.5 Å². The van der Waals surface area contributed by atoms with E-state index in [0.29, 0.717) is 42.0 Å². The number of rotatable bonds is 8. The number of Topliss-reactive ketones (excluding diaryl/α,β-unsaturated/α-hetero) is 2. The first-order valence-corrected chi connectivity index (χ1v) is 14.1. The largest absolute Gasteiger partial charge is 0.510 e. The number of aliphatic hydroxyl groups is 3. The molecule has 0 aliphatic heterocycles. The number of nitriles is 1. The number of carbonyl (C=O) groups excluding carboxylic acids is 3. The summed E-state index contributed by atoms with van der Waals surface area (Å²) in [5, 5.41) is 57.2. The van der Waals surface area contributed by atoms with Gasteiger partial charge in [-0.3, -0.25) is 19.3 Å². The van der Waals surface area contributed by atoms with E-state index in [-0.39, 0.29) is 29.7 Å². The molecule has 0 bridgehead atoms. The highest BCUT2D eigenvalue weighted by atomic mass is 16.5. The van der Waals surface area contributed by atoms with Crippen molar-refractivity contribution in [3.05, 3.63) is 69.7 Å². The SMILES string of the molecule is COc1ccc(CNCCC#N)cc1-c1ccc(O)c2c1CC1CC3C(N(C)C)C(O)=C(C(N)=O)C(=O)C3(O)C(O)=C1C2=O. The van der Waals surface area contributed by atoms with Crippen molar-refractivity contribution in [1.29, 1.82) is 5.26 Å². The Labute approximate surface area is 253 Å². The van der Waals surface area contributed by atoms with Crippen LogP contribution < -0.4 is 15.8 Å². The Kier molecular flexibility index (Phi) is 7.98. The lowest BCUT2D eigenvalue weighted by molar-refractivity contribution is -0.148. The number of aliphatic hydroxyl groups excluding tert-OH is 2. The number of allylic oxidation sites excluding steroid dienone is 1. The third kappa shape index (κ3) is 4.61. The molecule has 0 aromatic heterocycles. The Hall–Kier alpha value is -4.70. The van der Waals surface area contributed by atoms with E-state index in [2.05, 4.69) is 11.4 Å². The van der Waals surface area contributed by atoms with Crippen LogP contribution in [0.25, 0.3) is 11.1 Å². The van der Waals surface area contributed by atoms with Crippen molar-refractivity contribution in [2.45, 2.75) is 37.5 Å². The molecule has 5 rings (SSSR count). The maximum Gasteiger partial charge on any atom is 0.255 e. The topological polar surface area (TPSA) is 206 Å². The number of ether oxygens (including phenoxy) is 1. The van der Waals surface area contributed by atoms with Gasteiger partial charge >= 0.3 is 0 Å². The molecule has 1 amide bonds. The zero-order valence-corrected chi connectivity index (χ0v) is 24.5. The molecule has 12 heteroatoms. The average Bonchev–Trinajstić information content (AvgIpc) is 2.97. The van der Waals surface area contributed by atoms with Crippen LogP contribution in [0.4, 0.5) is 0 Å². The van der Waals surface area contributed by atoms with Gasteiger partial charge in [-0.15, -0.1) is 0 Å². The van der Waals surface area contributed by atoms with E-state index < -0.39 is 58.0 Å². The Morgan fingerprint density at radius 2 is 1.91 bits per heavy atom. The zero-order valence-electron chi connectivity index (χ0n) is 24.5. The van der Waals surface area contributed by atoms with E-state index in [9.17, 15) is 34.8 Å². The minimum Gasteiger partial charge on any atom is -0.510 e. The molecule has 0 spiro atoms. The van der Waals surface area contributed by atoms with Crippen molar-refractivity contribution in [3.8, 4) is 28.7 Å². The molecule has 12 nitrogen and oxygen atoms in total. The third-order valence-corrected chi connectivity index (χ3v) is 8.90. The number of benzene rings is 2. The molecule has 7 N–H and O–H groups in total. The van der Waals surface area contributed by atoms with Crippen molar-refractivity contribution in [2.24, 2.45) is 17.6 Å². The number of likely N-dealkylation sites (N-methyl/N-ethyl adjacent to an activating group) is 1. The van der Waals surface area contributed by atoms with E-state index in [4.69, 9.17) is 15.7 Å². The zero-order chi connectivity index (χ0) is 32.1. The molecule has 230 valence electrons. The van der Waals surface area contributed by atoms with Crippen LogP contribution in [0.15, 0.2) is 53.0 Å². The number of phenols is 1. The lowest BCUT2D eigenvalue weighted by Gasteiger charge is -2.50. The highest BCUT2D eigenvalue weighted by molar-refractivity contribution is 6.25. The number of nitrogens with one attached hydrogen (secondary N) is 1. The number of amides is 1. The lowest BCUT2D eigenvalue weighted by Crippen LogP contribution is -2.63. The minimum absolute atomic E-state index is 0.0131. The molecule has 0 heterocycles. The van der Waals surface area contributed by atoms with Crippen molar-refractivity contribution in [2.75, 3.05) is 27.7 Å². The summed E-state index contributed by atoms with van der Waals surface area (Å²) >= 11 is 0. The second-order valence-electron chi connectivity index (χ2n) is 11.6. The number of hydrogen-bond acceptors (Lipinski definition) is 11. The van der Waals surface area contributed by atoms with E-state index in [1.54, 1.807) is 26.2 Å². The lowest BCUT2D eigenvalue weighted by atomic mass is 9.58. The van der Waals surface area contributed by atoms with Gasteiger partial charge in [0.1, 0.15) is 28.6 Å². The van der Waals surface area contributed by atoms with Gasteiger partial charge in [-0.05, 0) is 67.7 Å². The average molecular weight is 603 g/mol. The molecule has 3 aliphatic carbocycles. The standard InChI is InChI=1S/C32H34N4O8/c1-36(2)26-20-13-16-12-19-17(18-11-15(5-8-22(18)44-3)14-35-10-4-9-33)6-7-21(37)24(19)27(38)23(16)29(40)32(20,43)30(41)25(28(26)39)31(34)42/h5-8,11,16,20,26,35,37,39-40,43H,4,10,12-14H2,1-3H3,(H2,34,42). The van der Waals surface area contributed by atoms with Gasteiger partial charge in [0.15, 0.2) is 11.4 Å².